The van der Waals surface area contributed by atoms with Gasteiger partial charge < -0.3 is 0 Å². The van der Waals surface area contributed by atoms with Crippen LogP contribution >= 0.6 is 15.9 Å². The summed E-state index contributed by atoms with van der Waals surface area (Å²) in [7, 11) is 0. The maximum absolute atomic E-state index is 11.6. The molecule has 2 aromatic rings. The topological polar surface area (TPSA) is 41.8 Å². The maximum atomic E-state index is 11.6. The lowest BCUT2D eigenvalue weighted by Gasteiger charge is -1.94. The smallest absolute Gasteiger partial charge is 0.265 e. The molecule has 0 heterocycles. The zero-order valence-corrected chi connectivity index (χ0v) is 10.5. The largest absolute Gasteiger partial charge is 0.295 e. The average Bonchev–Trinajstić information content (AvgIpc) is 2.39. The van der Waals surface area contributed by atoms with Crippen molar-refractivity contribution >= 4 is 27.5 Å². The van der Waals surface area contributed by atoms with Gasteiger partial charge in [-0.3, -0.25) is 4.79 Å². The molecule has 2 rings (SSSR count). The van der Waals surface area contributed by atoms with Crippen molar-refractivity contribution in [1.82, 2.24) is 0 Å². The van der Waals surface area contributed by atoms with Crippen LogP contribution in [-0.4, -0.2) is 5.91 Å². The van der Waals surface area contributed by atoms with Gasteiger partial charge in [0, 0.05) is 10.0 Å². The standard InChI is InChI=1S/C13H9BrN2O/c14-11-6-8-12(9-7-11)15-16-13(17)10-4-2-1-3-5-10/h1-9H. The molecule has 0 aliphatic heterocycles. The van der Waals surface area contributed by atoms with Gasteiger partial charge in [0.15, 0.2) is 0 Å². The quantitative estimate of drug-likeness (QED) is 0.757. The van der Waals surface area contributed by atoms with Crippen LogP contribution in [0.2, 0.25) is 0 Å². The molecule has 0 unspecified atom stereocenters. The third-order valence-electron chi connectivity index (χ3n) is 2.10. The van der Waals surface area contributed by atoms with Gasteiger partial charge in [0.25, 0.3) is 5.91 Å². The Hall–Kier alpha value is -1.81. The lowest BCUT2D eigenvalue weighted by molar-refractivity contribution is 0.0995. The molecular formula is C13H9BrN2O. The van der Waals surface area contributed by atoms with E-state index in [1.807, 2.05) is 18.2 Å². The summed E-state index contributed by atoms with van der Waals surface area (Å²) in [5.74, 6) is -0.339. The van der Waals surface area contributed by atoms with Gasteiger partial charge >= 0.3 is 0 Å². The highest BCUT2D eigenvalue weighted by Gasteiger charge is 2.01. The summed E-state index contributed by atoms with van der Waals surface area (Å²) < 4.78 is 0.964. The van der Waals surface area contributed by atoms with Crippen molar-refractivity contribution in [2.24, 2.45) is 10.2 Å². The SMILES string of the molecule is O=C(N=Nc1ccc(Br)cc1)c1ccccc1. The summed E-state index contributed by atoms with van der Waals surface area (Å²) in [6, 6.07) is 16.1. The molecule has 17 heavy (non-hydrogen) atoms. The first-order valence-electron chi connectivity index (χ1n) is 5.02. The van der Waals surface area contributed by atoms with E-state index in [0.717, 1.165) is 4.47 Å². The van der Waals surface area contributed by atoms with E-state index in [-0.39, 0.29) is 5.91 Å². The molecule has 0 N–H and O–H groups in total. The molecule has 2 aromatic carbocycles. The Morgan fingerprint density at radius 2 is 1.59 bits per heavy atom. The highest BCUT2D eigenvalue weighted by Crippen LogP contribution is 2.17. The molecule has 3 nitrogen and oxygen atoms in total. The second kappa shape index (κ2) is 5.50. The van der Waals surface area contributed by atoms with Gasteiger partial charge in [-0.25, -0.2) is 0 Å². The molecule has 0 fully saturated rings. The first kappa shape index (κ1) is 11.7. The van der Waals surface area contributed by atoms with Crippen LogP contribution in [0.5, 0.6) is 0 Å². The zero-order chi connectivity index (χ0) is 12.1. The van der Waals surface area contributed by atoms with E-state index in [1.165, 1.54) is 0 Å². The highest BCUT2D eigenvalue weighted by atomic mass is 79.9. The number of nitrogens with zero attached hydrogens (tertiary/aromatic N) is 2. The number of halogens is 1. The molecule has 1 amide bonds. The molecule has 0 radical (unpaired) electrons. The number of benzene rings is 2. The minimum absolute atomic E-state index is 0.339. The Morgan fingerprint density at radius 3 is 2.24 bits per heavy atom. The fourth-order valence-corrected chi connectivity index (χ4v) is 1.51. The third kappa shape index (κ3) is 3.32. The Bertz CT molecular complexity index is 535. The molecule has 0 aliphatic carbocycles. The normalized spacial score (nSPS) is 10.6. The van der Waals surface area contributed by atoms with Gasteiger partial charge in [-0.05, 0) is 36.4 Å². The van der Waals surface area contributed by atoms with Crippen molar-refractivity contribution in [2.75, 3.05) is 0 Å². The van der Waals surface area contributed by atoms with Gasteiger partial charge in [0.2, 0.25) is 0 Å². The zero-order valence-electron chi connectivity index (χ0n) is 8.88. The summed E-state index contributed by atoms with van der Waals surface area (Å²) in [5.41, 5.74) is 1.19. The van der Waals surface area contributed by atoms with Gasteiger partial charge in [-0.1, -0.05) is 34.1 Å². The first-order chi connectivity index (χ1) is 8.25. The Kier molecular flexibility index (Phi) is 3.77. The number of hydrogen-bond acceptors (Lipinski definition) is 2. The minimum atomic E-state index is -0.339. The van der Waals surface area contributed by atoms with E-state index in [1.54, 1.807) is 36.4 Å². The second-order valence-electron chi connectivity index (χ2n) is 3.35. The molecule has 0 saturated carbocycles. The Balaban J connectivity index is 2.11. The van der Waals surface area contributed by atoms with Gasteiger partial charge in [0.1, 0.15) is 0 Å². The van der Waals surface area contributed by atoms with Crippen LogP contribution in [0.15, 0.2) is 69.3 Å². The third-order valence-corrected chi connectivity index (χ3v) is 2.63. The predicted octanol–water partition coefficient (Wildman–Crippen LogP) is 4.37. The van der Waals surface area contributed by atoms with Crippen LogP contribution in [-0.2, 0) is 0 Å². The van der Waals surface area contributed by atoms with Crippen molar-refractivity contribution in [1.29, 1.82) is 0 Å². The maximum Gasteiger partial charge on any atom is 0.295 e. The molecule has 0 saturated heterocycles. The number of rotatable bonds is 2. The van der Waals surface area contributed by atoms with E-state index in [9.17, 15) is 4.79 Å². The minimum Gasteiger partial charge on any atom is -0.265 e. The lowest BCUT2D eigenvalue weighted by Crippen LogP contribution is -1.91. The fraction of sp³-hybridized carbons (Fsp3) is 0. The van der Waals surface area contributed by atoms with Crippen molar-refractivity contribution in [3.63, 3.8) is 0 Å². The molecule has 0 aliphatic rings. The van der Waals surface area contributed by atoms with Crippen molar-refractivity contribution in [2.45, 2.75) is 0 Å². The van der Waals surface area contributed by atoms with Crippen molar-refractivity contribution < 1.29 is 4.79 Å². The molecule has 0 aromatic heterocycles. The summed E-state index contributed by atoms with van der Waals surface area (Å²) in [4.78, 5) is 11.6. The Morgan fingerprint density at radius 1 is 0.941 bits per heavy atom. The monoisotopic (exact) mass is 288 g/mol. The molecule has 0 atom stereocenters. The van der Waals surface area contributed by atoms with Gasteiger partial charge in [-0.2, -0.15) is 0 Å². The van der Waals surface area contributed by atoms with E-state index < -0.39 is 0 Å². The van der Waals surface area contributed by atoms with Crippen LogP contribution in [0.4, 0.5) is 5.69 Å². The van der Waals surface area contributed by atoms with Crippen molar-refractivity contribution in [3.05, 3.63) is 64.6 Å². The van der Waals surface area contributed by atoms with Crippen LogP contribution in [0.3, 0.4) is 0 Å². The molecule has 84 valence electrons. The number of carbonyl (C=O) groups is 1. The first-order valence-corrected chi connectivity index (χ1v) is 5.82. The van der Waals surface area contributed by atoms with Crippen molar-refractivity contribution in [3.8, 4) is 0 Å². The Labute approximate surface area is 107 Å². The number of azo groups is 1. The van der Waals surface area contributed by atoms with Crippen LogP contribution in [0.25, 0.3) is 0 Å². The van der Waals surface area contributed by atoms with Crippen LogP contribution in [0, 0.1) is 0 Å². The van der Waals surface area contributed by atoms with Crippen LogP contribution < -0.4 is 0 Å². The second-order valence-corrected chi connectivity index (χ2v) is 4.26. The molecular weight excluding hydrogens is 280 g/mol. The lowest BCUT2D eigenvalue weighted by atomic mass is 10.2. The number of carbonyl (C=O) groups excluding carboxylic acids is 1. The summed E-state index contributed by atoms with van der Waals surface area (Å²) >= 11 is 3.32. The number of hydrogen-bond donors (Lipinski definition) is 0. The van der Waals surface area contributed by atoms with Gasteiger partial charge in [-0.15, -0.1) is 10.2 Å². The van der Waals surface area contributed by atoms with Crippen LogP contribution in [0.1, 0.15) is 10.4 Å². The molecule has 0 spiro atoms. The van der Waals surface area contributed by atoms with E-state index >= 15 is 0 Å². The van der Waals surface area contributed by atoms with Gasteiger partial charge in [0.05, 0.1) is 5.69 Å². The number of amides is 1. The van der Waals surface area contributed by atoms with E-state index in [4.69, 9.17) is 0 Å². The predicted molar refractivity (Wildman–Crippen MR) is 69.4 cm³/mol. The van der Waals surface area contributed by atoms with E-state index in [0.29, 0.717) is 11.3 Å². The average molecular weight is 289 g/mol. The summed E-state index contributed by atoms with van der Waals surface area (Å²) in [5, 5.41) is 7.54. The molecule has 4 heteroatoms. The summed E-state index contributed by atoms with van der Waals surface area (Å²) in [6.45, 7) is 0. The summed E-state index contributed by atoms with van der Waals surface area (Å²) in [6.07, 6.45) is 0. The highest BCUT2D eigenvalue weighted by molar-refractivity contribution is 9.10. The fourth-order valence-electron chi connectivity index (χ4n) is 1.25. The molecule has 0 bridgehead atoms. The van der Waals surface area contributed by atoms with E-state index in [2.05, 4.69) is 26.2 Å².